The molecule has 0 radical (unpaired) electrons. The molecule has 1 saturated heterocycles. The molecule has 0 saturated carbocycles. The highest BCUT2D eigenvalue weighted by molar-refractivity contribution is 6.28. The molecule has 2 aromatic rings. The van der Waals surface area contributed by atoms with Crippen LogP contribution in [0.3, 0.4) is 0 Å². The zero-order chi connectivity index (χ0) is 11.7. The van der Waals surface area contributed by atoms with E-state index in [1.807, 2.05) is 0 Å². The van der Waals surface area contributed by atoms with Gasteiger partial charge in [-0.3, -0.25) is 5.10 Å². The van der Waals surface area contributed by atoms with E-state index in [0.29, 0.717) is 11.5 Å². The van der Waals surface area contributed by atoms with E-state index in [9.17, 15) is 0 Å². The van der Waals surface area contributed by atoms with Crippen molar-refractivity contribution in [1.29, 1.82) is 0 Å². The highest BCUT2D eigenvalue weighted by Gasteiger charge is 2.18. The monoisotopic (exact) mass is 254 g/mol. The van der Waals surface area contributed by atoms with Crippen LogP contribution in [-0.4, -0.2) is 39.5 Å². The molecule has 2 aromatic heterocycles. The quantitative estimate of drug-likeness (QED) is 0.824. The summed E-state index contributed by atoms with van der Waals surface area (Å²) in [6, 6.07) is 0. The molecule has 17 heavy (non-hydrogen) atoms. The van der Waals surface area contributed by atoms with Gasteiger partial charge in [0.25, 0.3) is 0 Å². The summed E-state index contributed by atoms with van der Waals surface area (Å²) in [4.78, 5) is 8.12. The van der Waals surface area contributed by atoms with Crippen LogP contribution in [0.15, 0.2) is 6.20 Å². The van der Waals surface area contributed by atoms with Gasteiger partial charge < -0.3 is 9.47 Å². The van der Waals surface area contributed by atoms with Crippen molar-refractivity contribution in [3.05, 3.63) is 11.5 Å². The number of ether oxygens (including phenoxy) is 2. The van der Waals surface area contributed by atoms with Gasteiger partial charge in [-0.25, -0.2) is 0 Å². The van der Waals surface area contributed by atoms with Crippen LogP contribution in [0.2, 0.25) is 5.28 Å². The molecule has 3 heterocycles. The minimum atomic E-state index is 0.118. The molecule has 6 nitrogen and oxygen atoms in total. The molecule has 0 spiro atoms. The number of hydrogen-bond donors (Lipinski definition) is 1. The van der Waals surface area contributed by atoms with Crippen LogP contribution >= 0.6 is 11.6 Å². The Morgan fingerprint density at radius 1 is 1.35 bits per heavy atom. The first-order valence-corrected chi connectivity index (χ1v) is 5.82. The summed E-state index contributed by atoms with van der Waals surface area (Å²) in [5, 5.41) is 7.56. The predicted molar refractivity (Wildman–Crippen MR) is 61.2 cm³/mol. The van der Waals surface area contributed by atoms with Crippen LogP contribution in [0.5, 0.6) is 5.88 Å². The van der Waals surface area contributed by atoms with Crippen molar-refractivity contribution < 1.29 is 9.47 Å². The number of aromatic nitrogens is 4. The molecule has 3 rings (SSSR count). The summed E-state index contributed by atoms with van der Waals surface area (Å²) in [5.74, 6) is 0.487. The first kappa shape index (κ1) is 10.7. The summed E-state index contributed by atoms with van der Waals surface area (Å²) in [6.07, 6.45) is 3.48. The van der Waals surface area contributed by atoms with E-state index in [1.54, 1.807) is 6.20 Å². The van der Waals surface area contributed by atoms with Gasteiger partial charge in [0.15, 0.2) is 5.65 Å². The number of aromatic amines is 1. The molecule has 0 aliphatic carbocycles. The summed E-state index contributed by atoms with van der Waals surface area (Å²) in [7, 11) is 0. The fourth-order valence-electron chi connectivity index (χ4n) is 1.82. The number of fused-ring (bicyclic) bond motifs is 1. The lowest BCUT2D eigenvalue weighted by Gasteiger charge is -2.22. The molecule has 1 aliphatic rings. The molecule has 1 fully saturated rings. The van der Waals surface area contributed by atoms with Crippen LogP contribution in [0.4, 0.5) is 0 Å². The molecule has 0 unspecified atom stereocenters. The van der Waals surface area contributed by atoms with Gasteiger partial charge in [0.05, 0.1) is 19.4 Å². The maximum atomic E-state index is 5.83. The summed E-state index contributed by atoms with van der Waals surface area (Å²) >= 11 is 5.82. The fraction of sp³-hybridized carbons (Fsp3) is 0.500. The van der Waals surface area contributed by atoms with Gasteiger partial charge in [-0.15, -0.1) is 0 Å². The topological polar surface area (TPSA) is 72.9 Å². The third kappa shape index (κ3) is 2.18. The second-order valence-electron chi connectivity index (χ2n) is 3.86. The van der Waals surface area contributed by atoms with Gasteiger partial charge in [-0.1, -0.05) is 0 Å². The summed E-state index contributed by atoms with van der Waals surface area (Å²) in [6.45, 7) is 1.44. The maximum absolute atomic E-state index is 5.83. The second-order valence-corrected chi connectivity index (χ2v) is 4.20. The standard InChI is InChI=1S/C10H11ClN4O2/c11-10-13-8-7(5-12-15-8)9(14-10)17-6-1-3-16-4-2-6/h5-6H,1-4H2,(H,12,13,14,15). The van der Waals surface area contributed by atoms with Crippen molar-refractivity contribution in [2.24, 2.45) is 0 Å². The molecular weight excluding hydrogens is 244 g/mol. The van der Waals surface area contributed by atoms with E-state index in [0.717, 1.165) is 31.4 Å². The van der Waals surface area contributed by atoms with Gasteiger partial charge in [-0.2, -0.15) is 15.1 Å². The third-order valence-electron chi connectivity index (χ3n) is 2.69. The van der Waals surface area contributed by atoms with E-state index >= 15 is 0 Å². The maximum Gasteiger partial charge on any atom is 0.229 e. The predicted octanol–water partition coefficient (Wildman–Crippen LogP) is 1.56. The Kier molecular flexibility index (Phi) is 2.82. The fourth-order valence-corrected chi connectivity index (χ4v) is 1.99. The lowest BCUT2D eigenvalue weighted by atomic mass is 10.1. The smallest absolute Gasteiger partial charge is 0.229 e. The van der Waals surface area contributed by atoms with E-state index in [1.165, 1.54) is 0 Å². The molecule has 0 bridgehead atoms. The summed E-state index contributed by atoms with van der Waals surface area (Å²) in [5.41, 5.74) is 0.590. The minimum Gasteiger partial charge on any atom is -0.474 e. The molecule has 0 atom stereocenters. The van der Waals surface area contributed by atoms with Gasteiger partial charge in [0.1, 0.15) is 11.5 Å². The lowest BCUT2D eigenvalue weighted by Crippen LogP contribution is -2.26. The molecular formula is C10H11ClN4O2. The first-order chi connectivity index (χ1) is 8.33. The van der Waals surface area contributed by atoms with E-state index < -0.39 is 0 Å². The molecule has 0 amide bonds. The zero-order valence-corrected chi connectivity index (χ0v) is 9.78. The number of hydrogen-bond acceptors (Lipinski definition) is 5. The highest BCUT2D eigenvalue weighted by atomic mass is 35.5. The van der Waals surface area contributed by atoms with Crippen molar-refractivity contribution in [3.8, 4) is 5.88 Å². The number of nitrogens with zero attached hydrogens (tertiary/aromatic N) is 3. The number of halogens is 1. The Hall–Kier alpha value is -1.40. The number of H-pyrrole nitrogens is 1. The first-order valence-electron chi connectivity index (χ1n) is 5.44. The third-order valence-corrected chi connectivity index (χ3v) is 2.86. The van der Waals surface area contributed by atoms with Crippen LogP contribution in [0.1, 0.15) is 12.8 Å². The Labute approximate surface area is 102 Å². The van der Waals surface area contributed by atoms with Gasteiger partial charge >= 0.3 is 0 Å². The van der Waals surface area contributed by atoms with Crippen LogP contribution in [-0.2, 0) is 4.74 Å². The lowest BCUT2D eigenvalue weighted by molar-refractivity contribution is 0.0244. The molecule has 7 heteroatoms. The second kappa shape index (κ2) is 4.46. The Morgan fingerprint density at radius 2 is 2.18 bits per heavy atom. The number of nitrogens with one attached hydrogen (secondary N) is 1. The van der Waals surface area contributed by atoms with Crippen molar-refractivity contribution >= 4 is 22.6 Å². The molecule has 1 aliphatic heterocycles. The Morgan fingerprint density at radius 3 is 3.00 bits per heavy atom. The Bertz CT molecular complexity index is 524. The molecule has 0 aromatic carbocycles. The minimum absolute atomic E-state index is 0.118. The normalized spacial score (nSPS) is 17.5. The highest BCUT2D eigenvalue weighted by Crippen LogP contribution is 2.25. The summed E-state index contributed by atoms with van der Waals surface area (Å²) < 4.78 is 11.1. The van der Waals surface area contributed by atoms with E-state index in [-0.39, 0.29) is 11.4 Å². The van der Waals surface area contributed by atoms with Crippen LogP contribution in [0, 0.1) is 0 Å². The number of rotatable bonds is 2. The van der Waals surface area contributed by atoms with Crippen molar-refractivity contribution in [1.82, 2.24) is 20.2 Å². The van der Waals surface area contributed by atoms with Gasteiger partial charge in [0.2, 0.25) is 11.2 Å². The van der Waals surface area contributed by atoms with E-state index in [4.69, 9.17) is 21.1 Å². The van der Waals surface area contributed by atoms with Gasteiger partial charge in [0, 0.05) is 12.8 Å². The largest absolute Gasteiger partial charge is 0.474 e. The van der Waals surface area contributed by atoms with Crippen molar-refractivity contribution in [2.45, 2.75) is 18.9 Å². The average molecular weight is 255 g/mol. The zero-order valence-electron chi connectivity index (χ0n) is 9.02. The average Bonchev–Trinajstić information content (AvgIpc) is 2.78. The SMILES string of the molecule is Clc1nc(OC2CCOCC2)c2cn[nH]c2n1. The molecule has 90 valence electrons. The van der Waals surface area contributed by atoms with E-state index in [2.05, 4.69) is 20.2 Å². The van der Waals surface area contributed by atoms with Crippen molar-refractivity contribution in [2.75, 3.05) is 13.2 Å². The molecule has 1 N–H and O–H groups in total. The Balaban J connectivity index is 1.90. The van der Waals surface area contributed by atoms with Crippen LogP contribution in [0.25, 0.3) is 11.0 Å². The van der Waals surface area contributed by atoms with Crippen molar-refractivity contribution in [3.63, 3.8) is 0 Å². The van der Waals surface area contributed by atoms with Crippen LogP contribution < -0.4 is 4.74 Å². The van der Waals surface area contributed by atoms with Gasteiger partial charge in [-0.05, 0) is 11.6 Å².